The monoisotopic (exact) mass is 343 g/mol. The highest BCUT2D eigenvalue weighted by Crippen LogP contribution is 2.60. The van der Waals surface area contributed by atoms with Gasteiger partial charge in [0.25, 0.3) is 0 Å². The molecule has 1 aliphatic heterocycles. The first-order valence-electron chi connectivity index (χ1n) is 7.62. The average molecular weight is 344 g/mol. The second-order valence-electron chi connectivity index (χ2n) is 6.50. The molecule has 2 unspecified atom stereocenters. The summed E-state index contributed by atoms with van der Waals surface area (Å²) < 4.78 is 21.1. The van der Waals surface area contributed by atoms with Crippen LogP contribution in [0.3, 0.4) is 0 Å². The maximum absolute atomic E-state index is 15.1. The van der Waals surface area contributed by atoms with Crippen LogP contribution in [0.1, 0.15) is 38.2 Å². The summed E-state index contributed by atoms with van der Waals surface area (Å²) in [5.41, 5.74) is -1.67. The van der Waals surface area contributed by atoms with Crippen LogP contribution in [0.15, 0.2) is 6.33 Å². The van der Waals surface area contributed by atoms with Crippen molar-refractivity contribution in [2.45, 2.75) is 51.4 Å². The Labute approximate surface area is 138 Å². The highest BCUT2D eigenvalue weighted by Gasteiger charge is 2.68. The minimum absolute atomic E-state index is 0.133. The standard InChI is InChI=1S/C15H19ClFN3O3/c1-9-11(16)18-8-19-12(9)23-15(14(2)5-6-14)10(17)4-3-7-20(15)13(21)22/h8,10H,3-7H2,1-2H3,(H,21,22). The van der Waals surface area contributed by atoms with Gasteiger partial charge in [-0.2, -0.15) is 0 Å². The van der Waals surface area contributed by atoms with Crippen LogP contribution in [-0.4, -0.2) is 44.5 Å². The molecule has 3 rings (SSSR count). The Hall–Kier alpha value is -1.63. The number of halogens is 2. The summed E-state index contributed by atoms with van der Waals surface area (Å²) in [6, 6.07) is 0. The molecule has 126 valence electrons. The first kappa shape index (κ1) is 16.2. The van der Waals surface area contributed by atoms with Crippen molar-refractivity contribution < 1.29 is 19.0 Å². The van der Waals surface area contributed by atoms with Gasteiger partial charge in [0.2, 0.25) is 11.6 Å². The fraction of sp³-hybridized carbons (Fsp3) is 0.667. The highest BCUT2D eigenvalue weighted by atomic mass is 35.5. The molecule has 2 heterocycles. The first-order valence-corrected chi connectivity index (χ1v) is 8.00. The Kier molecular flexibility index (Phi) is 3.86. The van der Waals surface area contributed by atoms with Gasteiger partial charge in [0.15, 0.2) is 6.17 Å². The third-order valence-electron chi connectivity index (χ3n) is 4.99. The number of hydrogen-bond acceptors (Lipinski definition) is 4. The Balaban J connectivity index is 2.09. The first-order chi connectivity index (χ1) is 10.8. The maximum atomic E-state index is 15.1. The van der Waals surface area contributed by atoms with Crippen molar-refractivity contribution in [3.8, 4) is 5.88 Å². The van der Waals surface area contributed by atoms with Gasteiger partial charge in [-0.15, -0.1) is 0 Å². The molecule has 1 amide bonds. The van der Waals surface area contributed by atoms with E-state index in [0.717, 1.165) is 4.90 Å². The summed E-state index contributed by atoms with van der Waals surface area (Å²) >= 11 is 5.99. The van der Waals surface area contributed by atoms with E-state index in [9.17, 15) is 9.90 Å². The Morgan fingerprint density at radius 2 is 2.22 bits per heavy atom. The summed E-state index contributed by atoms with van der Waals surface area (Å²) in [4.78, 5) is 20.8. The van der Waals surface area contributed by atoms with E-state index in [2.05, 4.69) is 9.97 Å². The molecule has 1 aromatic rings. The van der Waals surface area contributed by atoms with Crippen LogP contribution in [0.5, 0.6) is 5.88 Å². The molecule has 1 saturated carbocycles. The van der Waals surface area contributed by atoms with Crippen LogP contribution in [0.4, 0.5) is 9.18 Å². The minimum Gasteiger partial charge on any atom is -0.465 e. The molecule has 1 aliphatic carbocycles. The molecular formula is C15H19ClFN3O3. The molecule has 0 radical (unpaired) electrons. The SMILES string of the molecule is Cc1c(Cl)ncnc1OC1(C2(C)CC2)C(F)CCCN1C(=O)O. The van der Waals surface area contributed by atoms with E-state index in [-0.39, 0.29) is 24.0 Å². The van der Waals surface area contributed by atoms with E-state index in [1.165, 1.54) is 6.33 Å². The van der Waals surface area contributed by atoms with Gasteiger partial charge in [-0.05, 0) is 32.6 Å². The molecular weight excluding hydrogens is 325 g/mol. The van der Waals surface area contributed by atoms with Crippen molar-refractivity contribution in [3.63, 3.8) is 0 Å². The molecule has 1 saturated heterocycles. The van der Waals surface area contributed by atoms with Gasteiger partial charge in [0.05, 0.1) is 0 Å². The van der Waals surface area contributed by atoms with E-state index in [1.807, 2.05) is 6.92 Å². The number of aromatic nitrogens is 2. The maximum Gasteiger partial charge on any atom is 0.410 e. The Morgan fingerprint density at radius 1 is 1.52 bits per heavy atom. The van der Waals surface area contributed by atoms with Crippen LogP contribution < -0.4 is 4.74 Å². The summed E-state index contributed by atoms with van der Waals surface area (Å²) in [5.74, 6) is 0.133. The van der Waals surface area contributed by atoms with Gasteiger partial charge in [-0.25, -0.2) is 19.2 Å². The number of piperidine rings is 1. The summed E-state index contributed by atoms with van der Waals surface area (Å²) in [6.45, 7) is 3.77. The molecule has 23 heavy (non-hydrogen) atoms. The van der Waals surface area contributed by atoms with Crippen molar-refractivity contribution in [2.75, 3.05) is 6.54 Å². The summed E-state index contributed by atoms with van der Waals surface area (Å²) in [5, 5.41) is 9.81. The van der Waals surface area contributed by atoms with Crippen molar-refractivity contribution in [1.29, 1.82) is 0 Å². The lowest BCUT2D eigenvalue weighted by Gasteiger charge is -2.50. The third-order valence-corrected chi connectivity index (χ3v) is 5.37. The number of carbonyl (C=O) groups is 1. The van der Waals surface area contributed by atoms with Crippen molar-refractivity contribution in [3.05, 3.63) is 17.0 Å². The second kappa shape index (κ2) is 5.47. The smallest absolute Gasteiger partial charge is 0.410 e. The Bertz CT molecular complexity index is 640. The van der Waals surface area contributed by atoms with E-state index in [0.29, 0.717) is 24.8 Å². The van der Waals surface area contributed by atoms with Crippen molar-refractivity contribution in [2.24, 2.45) is 5.41 Å². The van der Waals surface area contributed by atoms with Crippen LogP contribution in [0, 0.1) is 12.3 Å². The van der Waals surface area contributed by atoms with Gasteiger partial charge in [0.1, 0.15) is 11.5 Å². The molecule has 0 aromatic carbocycles. The number of rotatable bonds is 3. The summed E-state index contributed by atoms with van der Waals surface area (Å²) in [7, 11) is 0. The predicted octanol–water partition coefficient (Wildman–Crippen LogP) is 3.43. The minimum atomic E-state index is -1.57. The number of likely N-dealkylation sites (tertiary alicyclic amines) is 1. The zero-order chi connectivity index (χ0) is 16.8. The van der Waals surface area contributed by atoms with Gasteiger partial charge >= 0.3 is 6.09 Å². The number of carboxylic acid groups (broad SMARTS) is 1. The van der Waals surface area contributed by atoms with Crippen molar-refractivity contribution in [1.82, 2.24) is 14.9 Å². The fourth-order valence-electron chi connectivity index (χ4n) is 3.35. The van der Waals surface area contributed by atoms with Gasteiger partial charge in [-0.3, -0.25) is 4.90 Å². The zero-order valence-electron chi connectivity index (χ0n) is 13.1. The average Bonchev–Trinajstić information content (AvgIpc) is 3.24. The summed E-state index contributed by atoms with van der Waals surface area (Å²) in [6.07, 6.45) is 0.764. The molecule has 1 aromatic heterocycles. The number of hydrogen-bond donors (Lipinski definition) is 1. The van der Waals surface area contributed by atoms with Gasteiger partial charge in [-0.1, -0.05) is 18.5 Å². The van der Waals surface area contributed by atoms with Crippen LogP contribution in [-0.2, 0) is 0 Å². The Morgan fingerprint density at radius 3 is 2.83 bits per heavy atom. The predicted molar refractivity (Wildman–Crippen MR) is 81.3 cm³/mol. The zero-order valence-corrected chi connectivity index (χ0v) is 13.8. The third kappa shape index (κ3) is 2.41. The van der Waals surface area contributed by atoms with E-state index >= 15 is 4.39 Å². The number of alkyl halides is 1. The van der Waals surface area contributed by atoms with Crippen molar-refractivity contribution >= 4 is 17.7 Å². The largest absolute Gasteiger partial charge is 0.465 e. The molecule has 0 bridgehead atoms. The van der Waals surface area contributed by atoms with Gasteiger partial charge < -0.3 is 9.84 Å². The normalized spacial score (nSPS) is 29.2. The lowest BCUT2D eigenvalue weighted by Crippen LogP contribution is -2.68. The molecule has 2 aliphatic rings. The molecule has 0 spiro atoms. The molecule has 2 atom stereocenters. The highest BCUT2D eigenvalue weighted by molar-refractivity contribution is 6.30. The van der Waals surface area contributed by atoms with Gasteiger partial charge in [0, 0.05) is 17.5 Å². The topological polar surface area (TPSA) is 75.6 Å². The second-order valence-corrected chi connectivity index (χ2v) is 6.86. The lowest BCUT2D eigenvalue weighted by molar-refractivity contribution is -0.183. The quantitative estimate of drug-likeness (QED) is 0.851. The van der Waals surface area contributed by atoms with Crippen LogP contribution >= 0.6 is 11.6 Å². The van der Waals surface area contributed by atoms with Crippen LogP contribution in [0.2, 0.25) is 5.15 Å². The fourth-order valence-corrected chi connectivity index (χ4v) is 3.48. The molecule has 8 heteroatoms. The number of ether oxygens (including phenoxy) is 1. The van der Waals surface area contributed by atoms with Crippen LogP contribution in [0.25, 0.3) is 0 Å². The van der Waals surface area contributed by atoms with E-state index in [1.54, 1.807) is 6.92 Å². The number of nitrogens with zero attached hydrogens (tertiary/aromatic N) is 3. The van der Waals surface area contributed by atoms with E-state index < -0.39 is 23.4 Å². The molecule has 1 N–H and O–H groups in total. The molecule has 6 nitrogen and oxygen atoms in total. The lowest BCUT2D eigenvalue weighted by atomic mass is 9.83. The number of amides is 1. The van der Waals surface area contributed by atoms with E-state index in [4.69, 9.17) is 16.3 Å². The molecule has 2 fully saturated rings.